The maximum Gasteiger partial charge on any atom is 0.250 e. The summed E-state index contributed by atoms with van der Waals surface area (Å²) in [6, 6.07) is 1.50. The molecule has 0 fully saturated rings. The monoisotopic (exact) mass is 167 g/mol. The van der Waals surface area contributed by atoms with Crippen LogP contribution in [0.5, 0.6) is 5.88 Å². The Morgan fingerprint density at radius 3 is 2.50 bits per heavy atom. The molecule has 66 valence electrons. The molecule has 0 unspecified atom stereocenters. The van der Waals surface area contributed by atoms with Crippen molar-refractivity contribution in [2.24, 2.45) is 0 Å². The minimum absolute atomic E-state index is 0.00463. The molecular formula is C9H13NO2. The lowest BCUT2D eigenvalue weighted by atomic mass is 10.00. The Bertz CT molecular complexity index is 313. The van der Waals surface area contributed by atoms with E-state index in [1.54, 1.807) is 0 Å². The first-order valence-electron chi connectivity index (χ1n) is 3.95. The highest BCUT2D eigenvalue weighted by Gasteiger charge is 2.09. The Balaban J connectivity index is 3.38. The highest BCUT2D eigenvalue weighted by molar-refractivity contribution is 5.34. The number of aromatic amines is 1. The zero-order valence-corrected chi connectivity index (χ0v) is 7.51. The summed E-state index contributed by atoms with van der Waals surface area (Å²) in [5.74, 6) is 0.219. The van der Waals surface area contributed by atoms with Crippen molar-refractivity contribution in [1.29, 1.82) is 0 Å². The quantitative estimate of drug-likeness (QED) is 0.666. The molecule has 3 nitrogen and oxygen atoms in total. The van der Waals surface area contributed by atoms with Gasteiger partial charge in [-0.25, -0.2) is 0 Å². The van der Waals surface area contributed by atoms with Crippen LogP contribution in [0.4, 0.5) is 0 Å². The number of aromatic hydroxyl groups is 1. The van der Waals surface area contributed by atoms with Gasteiger partial charge < -0.3 is 5.11 Å². The van der Waals surface area contributed by atoms with Crippen LogP contribution in [0, 0.1) is 6.92 Å². The number of nitrogens with one attached hydrogen (secondary N) is 1. The lowest BCUT2D eigenvalue weighted by Gasteiger charge is -2.10. The maximum atomic E-state index is 10.9. The van der Waals surface area contributed by atoms with Crippen LogP contribution in [0.3, 0.4) is 0 Å². The fourth-order valence-electron chi connectivity index (χ4n) is 1.41. The summed E-state index contributed by atoms with van der Waals surface area (Å²) in [5, 5.41) is 9.39. The van der Waals surface area contributed by atoms with Crippen molar-refractivity contribution in [3.05, 3.63) is 27.5 Å². The number of H-pyrrole nitrogens is 1. The maximum absolute atomic E-state index is 10.9. The zero-order valence-electron chi connectivity index (χ0n) is 7.51. The molecule has 1 aromatic rings. The second-order valence-electron chi connectivity index (χ2n) is 3.23. The van der Waals surface area contributed by atoms with Gasteiger partial charge in [-0.1, -0.05) is 13.8 Å². The molecule has 0 amide bonds. The predicted octanol–water partition coefficient (Wildman–Crippen LogP) is 1.51. The highest BCUT2D eigenvalue weighted by atomic mass is 16.3. The molecule has 0 bridgehead atoms. The lowest BCUT2D eigenvalue weighted by Crippen LogP contribution is -2.08. The van der Waals surface area contributed by atoms with Crippen molar-refractivity contribution >= 4 is 0 Å². The fraction of sp³-hybridized carbons (Fsp3) is 0.444. The lowest BCUT2D eigenvalue weighted by molar-refractivity contribution is 0.440. The largest absolute Gasteiger partial charge is 0.494 e. The summed E-state index contributed by atoms with van der Waals surface area (Å²) < 4.78 is 0. The van der Waals surface area contributed by atoms with Crippen molar-refractivity contribution in [2.45, 2.75) is 26.7 Å². The summed E-state index contributed by atoms with van der Waals surface area (Å²) >= 11 is 0. The van der Waals surface area contributed by atoms with Gasteiger partial charge in [0.25, 0.3) is 5.56 Å². The Morgan fingerprint density at radius 1 is 1.50 bits per heavy atom. The smallest absolute Gasteiger partial charge is 0.250 e. The molecule has 0 spiro atoms. The molecule has 0 radical (unpaired) electrons. The van der Waals surface area contributed by atoms with Crippen LogP contribution < -0.4 is 5.56 Å². The van der Waals surface area contributed by atoms with Crippen molar-refractivity contribution in [3.63, 3.8) is 0 Å². The molecule has 0 aliphatic carbocycles. The first kappa shape index (κ1) is 8.84. The van der Waals surface area contributed by atoms with Crippen LogP contribution in [-0.2, 0) is 0 Å². The minimum Gasteiger partial charge on any atom is -0.494 e. The number of aromatic nitrogens is 1. The molecular weight excluding hydrogens is 154 g/mol. The molecule has 1 aromatic heterocycles. The minimum atomic E-state index is -0.255. The van der Waals surface area contributed by atoms with E-state index in [1.807, 2.05) is 20.8 Å². The summed E-state index contributed by atoms with van der Waals surface area (Å²) in [4.78, 5) is 13.2. The molecule has 12 heavy (non-hydrogen) atoms. The van der Waals surface area contributed by atoms with Crippen molar-refractivity contribution < 1.29 is 5.11 Å². The average molecular weight is 167 g/mol. The summed E-state index contributed by atoms with van der Waals surface area (Å²) in [7, 11) is 0. The second kappa shape index (κ2) is 3.01. The molecule has 1 rings (SSSR count). The summed E-state index contributed by atoms with van der Waals surface area (Å²) in [6.07, 6.45) is 0. The van der Waals surface area contributed by atoms with Gasteiger partial charge in [-0.15, -0.1) is 0 Å². The molecule has 0 atom stereocenters. The van der Waals surface area contributed by atoms with Gasteiger partial charge in [0.2, 0.25) is 0 Å². The Labute approximate surface area is 71.1 Å². The van der Waals surface area contributed by atoms with E-state index in [4.69, 9.17) is 0 Å². The van der Waals surface area contributed by atoms with E-state index in [0.29, 0.717) is 0 Å². The van der Waals surface area contributed by atoms with E-state index in [9.17, 15) is 9.90 Å². The van der Waals surface area contributed by atoms with Gasteiger partial charge in [0, 0.05) is 11.6 Å². The Kier molecular flexibility index (Phi) is 2.22. The first-order chi connectivity index (χ1) is 5.52. The van der Waals surface area contributed by atoms with Crippen molar-refractivity contribution in [1.82, 2.24) is 4.98 Å². The normalized spacial score (nSPS) is 10.7. The molecule has 1 heterocycles. The number of hydrogen-bond donors (Lipinski definition) is 2. The van der Waals surface area contributed by atoms with Crippen molar-refractivity contribution in [3.8, 4) is 5.88 Å². The molecule has 0 aromatic carbocycles. The van der Waals surface area contributed by atoms with Gasteiger partial charge in [0.05, 0.1) is 0 Å². The summed E-state index contributed by atoms with van der Waals surface area (Å²) in [5.41, 5.74) is 1.40. The van der Waals surface area contributed by atoms with Gasteiger partial charge in [0.15, 0.2) is 5.88 Å². The average Bonchev–Trinajstić information content (AvgIpc) is 1.82. The first-order valence-corrected chi connectivity index (χ1v) is 3.95. The third-order valence-corrected chi connectivity index (χ3v) is 1.85. The van der Waals surface area contributed by atoms with Gasteiger partial charge >= 0.3 is 0 Å². The molecule has 2 N–H and O–H groups in total. The molecule has 0 aliphatic rings. The fourth-order valence-corrected chi connectivity index (χ4v) is 1.41. The predicted molar refractivity (Wildman–Crippen MR) is 47.6 cm³/mol. The number of hydrogen-bond acceptors (Lipinski definition) is 2. The zero-order chi connectivity index (χ0) is 9.30. The number of aryl methyl sites for hydroxylation is 1. The third-order valence-electron chi connectivity index (χ3n) is 1.85. The van der Waals surface area contributed by atoms with Gasteiger partial charge in [-0.05, 0) is 18.4 Å². The van der Waals surface area contributed by atoms with E-state index in [-0.39, 0.29) is 17.4 Å². The van der Waals surface area contributed by atoms with E-state index in [2.05, 4.69) is 4.98 Å². The van der Waals surface area contributed by atoms with Crippen LogP contribution in [0.1, 0.15) is 30.9 Å². The Morgan fingerprint density at radius 2 is 2.08 bits per heavy atom. The number of rotatable bonds is 1. The van der Waals surface area contributed by atoms with Gasteiger partial charge in [-0.3, -0.25) is 9.78 Å². The third kappa shape index (κ3) is 1.49. The second-order valence-corrected chi connectivity index (χ2v) is 3.23. The molecule has 3 heteroatoms. The highest BCUT2D eigenvalue weighted by Crippen LogP contribution is 2.24. The van der Waals surface area contributed by atoms with Crippen molar-refractivity contribution in [2.75, 3.05) is 0 Å². The standard InChI is InChI=1S/C9H13NO2/c1-5(2)8-6(3)4-7(11)10-9(8)12/h4-5H,1-3H3,(H2,10,11,12). The van der Waals surface area contributed by atoms with Gasteiger partial charge in [-0.2, -0.15) is 0 Å². The number of pyridine rings is 1. The van der Waals surface area contributed by atoms with Crippen LogP contribution in [0.2, 0.25) is 0 Å². The van der Waals surface area contributed by atoms with E-state index >= 15 is 0 Å². The van der Waals surface area contributed by atoms with E-state index < -0.39 is 0 Å². The van der Waals surface area contributed by atoms with Crippen LogP contribution in [0.25, 0.3) is 0 Å². The molecule has 0 aliphatic heterocycles. The summed E-state index contributed by atoms with van der Waals surface area (Å²) in [6.45, 7) is 5.77. The van der Waals surface area contributed by atoms with Crippen LogP contribution in [0.15, 0.2) is 10.9 Å². The van der Waals surface area contributed by atoms with Crippen LogP contribution in [-0.4, -0.2) is 10.1 Å². The van der Waals surface area contributed by atoms with E-state index in [1.165, 1.54) is 6.07 Å². The molecule has 0 saturated heterocycles. The SMILES string of the molecule is Cc1cc(=O)[nH]c(O)c1C(C)C. The van der Waals surface area contributed by atoms with E-state index in [0.717, 1.165) is 11.1 Å². The Hall–Kier alpha value is -1.25. The topological polar surface area (TPSA) is 53.1 Å². The van der Waals surface area contributed by atoms with Gasteiger partial charge in [0.1, 0.15) is 0 Å². The molecule has 0 saturated carbocycles. The van der Waals surface area contributed by atoms with Crippen LogP contribution >= 0.6 is 0 Å².